The molecule has 0 amide bonds. The fourth-order valence-electron chi connectivity index (χ4n) is 3.79. The summed E-state index contributed by atoms with van der Waals surface area (Å²) in [6.07, 6.45) is 7.77. The molecular weight excluding hydrogens is 338 g/mol. The zero-order chi connectivity index (χ0) is 18.8. The summed E-state index contributed by atoms with van der Waals surface area (Å²) in [6.45, 7) is 1.95. The van der Waals surface area contributed by atoms with Crippen molar-refractivity contribution in [1.82, 2.24) is 4.98 Å². The van der Waals surface area contributed by atoms with E-state index in [4.69, 9.17) is 4.42 Å². The third kappa shape index (κ3) is 3.80. The van der Waals surface area contributed by atoms with Gasteiger partial charge in [-0.15, -0.1) is 0 Å². The number of aliphatic hydroxyl groups is 1. The van der Waals surface area contributed by atoms with Crippen molar-refractivity contribution >= 4 is 22.9 Å². The quantitative estimate of drug-likeness (QED) is 0.617. The molecule has 1 saturated carbocycles. The van der Waals surface area contributed by atoms with Crippen molar-refractivity contribution in [2.45, 2.75) is 44.9 Å². The number of nitrogens with zero attached hydrogens (tertiary/aromatic N) is 1. The van der Waals surface area contributed by atoms with E-state index < -0.39 is 5.63 Å². The highest BCUT2D eigenvalue weighted by Gasteiger charge is 2.15. The number of hydrogen-bond donors (Lipinski definition) is 1. The van der Waals surface area contributed by atoms with Gasteiger partial charge in [0.05, 0.1) is 0 Å². The fraction of sp³-hybridized carbons (Fsp3) is 0.304. The molecule has 0 unspecified atom stereocenters. The van der Waals surface area contributed by atoms with Crippen molar-refractivity contribution in [3.05, 3.63) is 75.3 Å². The van der Waals surface area contributed by atoms with E-state index in [2.05, 4.69) is 17.1 Å². The summed E-state index contributed by atoms with van der Waals surface area (Å²) >= 11 is 0. The van der Waals surface area contributed by atoms with Gasteiger partial charge in [-0.1, -0.05) is 49.6 Å². The molecule has 0 spiro atoms. The Labute approximate surface area is 158 Å². The molecule has 0 radical (unpaired) electrons. The van der Waals surface area contributed by atoms with Crippen LogP contribution in [0.25, 0.3) is 22.9 Å². The van der Waals surface area contributed by atoms with E-state index in [1.54, 1.807) is 6.07 Å². The Morgan fingerprint density at radius 3 is 2.59 bits per heavy atom. The summed E-state index contributed by atoms with van der Waals surface area (Å²) in [7, 11) is 0. The Kier molecular flexibility index (Phi) is 4.80. The van der Waals surface area contributed by atoms with Gasteiger partial charge in [0, 0.05) is 11.6 Å². The van der Waals surface area contributed by atoms with Crippen LogP contribution in [0.4, 0.5) is 0 Å². The first kappa shape index (κ1) is 17.5. The molecule has 0 saturated heterocycles. The highest BCUT2D eigenvalue weighted by atomic mass is 16.4. The van der Waals surface area contributed by atoms with Gasteiger partial charge in [0.1, 0.15) is 11.3 Å². The van der Waals surface area contributed by atoms with Crippen molar-refractivity contribution in [2.75, 3.05) is 0 Å². The fourth-order valence-corrected chi connectivity index (χ4v) is 3.79. The van der Waals surface area contributed by atoms with Crippen LogP contribution in [0.3, 0.4) is 0 Å². The van der Waals surface area contributed by atoms with Crippen LogP contribution in [-0.2, 0) is 0 Å². The average molecular weight is 361 g/mol. The van der Waals surface area contributed by atoms with Crippen molar-refractivity contribution in [2.24, 2.45) is 0 Å². The van der Waals surface area contributed by atoms with E-state index in [9.17, 15) is 9.90 Å². The lowest BCUT2D eigenvalue weighted by Gasteiger charge is -2.22. The van der Waals surface area contributed by atoms with Crippen LogP contribution in [0.5, 0.6) is 0 Å². The highest BCUT2D eigenvalue weighted by molar-refractivity contribution is 5.78. The predicted molar refractivity (Wildman–Crippen MR) is 108 cm³/mol. The van der Waals surface area contributed by atoms with E-state index in [1.807, 2.05) is 31.2 Å². The Morgan fingerprint density at radius 2 is 1.85 bits per heavy atom. The first-order valence-electron chi connectivity index (χ1n) is 9.53. The Morgan fingerprint density at radius 1 is 1.11 bits per heavy atom. The number of aryl methyl sites for hydroxylation is 1. The zero-order valence-corrected chi connectivity index (χ0v) is 15.4. The molecule has 0 atom stereocenters. The molecule has 4 nitrogen and oxygen atoms in total. The maximum Gasteiger partial charge on any atom is 0.362 e. The van der Waals surface area contributed by atoms with Crippen LogP contribution < -0.4 is 5.63 Å². The van der Waals surface area contributed by atoms with E-state index in [1.165, 1.54) is 43.7 Å². The van der Waals surface area contributed by atoms with Gasteiger partial charge in [-0.25, -0.2) is 9.78 Å². The maximum absolute atomic E-state index is 12.2. The number of aromatic nitrogens is 1. The van der Waals surface area contributed by atoms with E-state index in [-0.39, 0.29) is 11.5 Å². The molecule has 1 N–H and O–H groups in total. The summed E-state index contributed by atoms with van der Waals surface area (Å²) in [6, 6.07) is 13.4. The molecule has 138 valence electrons. The van der Waals surface area contributed by atoms with Gasteiger partial charge in [0.15, 0.2) is 11.3 Å². The SMILES string of the molecule is Cc1ccc2oc(=O)c(C=C(O)c3ccc(C4CCCCC4)cc3)nc2c1. The molecule has 0 aliphatic heterocycles. The van der Waals surface area contributed by atoms with Crippen LogP contribution in [0.1, 0.15) is 60.4 Å². The van der Waals surface area contributed by atoms with Crippen molar-refractivity contribution in [1.29, 1.82) is 0 Å². The topological polar surface area (TPSA) is 63.3 Å². The van der Waals surface area contributed by atoms with Crippen molar-refractivity contribution < 1.29 is 9.52 Å². The highest BCUT2D eigenvalue weighted by Crippen LogP contribution is 2.33. The first-order chi connectivity index (χ1) is 13.1. The smallest absolute Gasteiger partial charge is 0.362 e. The Bertz CT molecular complexity index is 1040. The minimum absolute atomic E-state index is 0.0111. The van der Waals surface area contributed by atoms with Gasteiger partial charge in [0.25, 0.3) is 0 Å². The lowest BCUT2D eigenvalue weighted by atomic mass is 9.84. The van der Waals surface area contributed by atoms with Crippen LogP contribution in [0.2, 0.25) is 0 Å². The van der Waals surface area contributed by atoms with Crippen molar-refractivity contribution in [3.8, 4) is 0 Å². The van der Waals surface area contributed by atoms with E-state index in [0.717, 1.165) is 5.56 Å². The zero-order valence-electron chi connectivity index (χ0n) is 15.4. The Balaban J connectivity index is 1.62. The molecule has 4 heteroatoms. The van der Waals surface area contributed by atoms with E-state index in [0.29, 0.717) is 22.6 Å². The summed E-state index contributed by atoms with van der Waals surface area (Å²) in [5.41, 5.74) is 3.60. The number of hydrogen-bond acceptors (Lipinski definition) is 4. The lowest BCUT2D eigenvalue weighted by molar-refractivity contribution is 0.443. The van der Waals surface area contributed by atoms with Crippen molar-refractivity contribution in [3.63, 3.8) is 0 Å². The van der Waals surface area contributed by atoms with Crippen LogP contribution >= 0.6 is 0 Å². The van der Waals surface area contributed by atoms with Crippen LogP contribution in [-0.4, -0.2) is 10.1 Å². The maximum atomic E-state index is 12.2. The normalized spacial score (nSPS) is 16.0. The molecule has 1 aromatic heterocycles. The summed E-state index contributed by atoms with van der Waals surface area (Å²) in [5.74, 6) is 0.633. The summed E-state index contributed by atoms with van der Waals surface area (Å²) in [5, 5.41) is 10.5. The van der Waals surface area contributed by atoms with Gasteiger partial charge in [-0.3, -0.25) is 0 Å². The summed E-state index contributed by atoms with van der Waals surface area (Å²) in [4.78, 5) is 16.5. The van der Waals surface area contributed by atoms with Gasteiger partial charge in [-0.05, 0) is 48.9 Å². The van der Waals surface area contributed by atoms with Gasteiger partial charge >= 0.3 is 5.63 Å². The Hall–Kier alpha value is -2.88. The van der Waals surface area contributed by atoms with Crippen LogP contribution in [0, 0.1) is 6.92 Å². The minimum Gasteiger partial charge on any atom is -0.507 e. The molecule has 1 fully saturated rings. The largest absolute Gasteiger partial charge is 0.507 e. The molecule has 2 aromatic carbocycles. The standard InChI is InChI=1S/C23H23NO3/c1-15-7-12-22-19(13-15)24-20(23(26)27-22)14-21(25)18-10-8-17(9-11-18)16-5-3-2-4-6-16/h7-14,16,25H,2-6H2,1H3. The number of fused-ring (bicyclic) bond motifs is 1. The second-order valence-corrected chi connectivity index (χ2v) is 7.34. The molecule has 1 heterocycles. The third-order valence-electron chi connectivity index (χ3n) is 5.32. The monoisotopic (exact) mass is 361 g/mol. The summed E-state index contributed by atoms with van der Waals surface area (Å²) < 4.78 is 5.31. The third-order valence-corrected chi connectivity index (χ3v) is 5.32. The molecule has 3 aromatic rings. The second-order valence-electron chi connectivity index (χ2n) is 7.34. The van der Waals surface area contributed by atoms with Gasteiger partial charge in [-0.2, -0.15) is 0 Å². The first-order valence-corrected chi connectivity index (χ1v) is 9.53. The minimum atomic E-state index is -0.559. The molecule has 4 rings (SSSR count). The molecule has 27 heavy (non-hydrogen) atoms. The molecule has 1 aliphatic carbocycles. The molecule has 1 aliphatic rings. The van der Waals surface area contributed by atoms with Crippen LogP contribution in [0.15, 0.2) is 51.7 Å². The number of aliphatic hydroxyl groups excluding tert-OH is 1. The van der Waals surface area contributed by atoms with Gasteiger partial charge < -0.3 is 9.52 Å². The average Bonchev–Trinajstić information content (AvgIpc) is 2.69. The second kappa shape index (κ2) is 7.39. The molecule has 0 bridgehead atoms. The predicted octanol–water partition coefficient (Wildman–Crippen LogP) is 5.60. The van der Waals surface area contributed by atoms with E-state index >= 15 is 0 Å². The number of benzene rings is 2. The molecular formula is C23H23NO3. The van der Waals surface area contributed by atoms with Gasteiger partial charge in [0.2, 0.25) is 0 Å². The number of rotatable bonds is 3. The lowest BCUT2D eigenvalue weighted by Crippen LogP contribution is -2.07.